The summed E-state index contributed by atoms with van der Waals surface area (Å²) < 4.78 is 5.31. The normalized spacial score (nSPS) is 19.5. The average Bonchev–Trinajstić information content (AvgIpc) is 3.15. The zero-order valence-corrected chi connectivity index (χ0v) is 26.5. The fourth-order valence-corrected chi connectivity index (χ4v) is 6.78. The number of methoxy groups -OCH3 is 1. The number of benzene rings is 3. The lowest BCUT2D eigenvalue weighted by Gasteiger charge is -2.40. The van der Waals surface area contributed by atoms with Crippen LogP contribution in [0.15, 0.2) is 84.1 Å². The minimum Gasteiger partial charge on any atom is -0.497 e. The lowest BCUT2D eigenvalue weighted by molar-refractivity contribution is -0.130. The van der Waals surface area contributed by atoms with Crippen molar-refractivity contribution in [2.75, 3.05) is 73.9 Å². The van der Waals surface area contributed by atoms with Crippen LogP contribution in [0.5, 0.6) is 5.75 Å². The Labute approximate surface area is 260 Å². The number of piperazine rings is 1. The van der Waals surface area contributed by atoms with Crippen LogP contribution in [0, 0.1) is 5.41 Å². The first-order valence-electron chi connectivity index (χ1n) is 15.5. The van der Waals surface area contributed by atoms with Crippen LogP contribution in [-0.2, 0) is 9.59 Å². The monoisotopic (exact) mass is 593 g/mol. The van der Waals surface area contributed by atoms with Crippen LogP contribution in [0.1, 0.15) is 38.3 Å². The second-order valence-electron chi connectivity index (χ2n) is 13.1. The predicted octanol–water partition coefficient (Wildman–Crippen LogP) is 5.73. The molecule has 3 aliphatic rings. The number of fused-ring (bicyclic) bond motifs is 1. The van der Waals surface area contributed by atoms with E-state index in [-0.39, 0.29) is 29.7 Å². The highest BCUT2D eigenvalue weighted by molar-refractivity contribution is 6.02. The second kappa shape index (κ2) is 11.9. The molecule has 0 saturated carbocycles. The van der Waals surface area contributed by atoms with Gasteiger partial charge in [-0.15, -0.1) is 0 Å². The molecule has 2 aliphatic heterocycles. The Hall–Kier alpha value is -4.46. The number of Topliss-reactive ketones (excluding diaryl/α,β-unsaturated/α-hetero) is 1. The van der Waals surface area contributed by atoms with E-state index in [0.29, 0.717) is 19.5 Å². The van der Waals surface area contributed by atoms with Crippen LogP contribution in [0.4, 0.5) is 22.7 Å². The summed E-state index contributed by atoms with van der Waals surface area (Å²) >= 11 is 0. The molecule has 44 heavy (non-hydrogen) atoms. The number of amides is 1. The molecule has 1 N–H and O–H groups in total. The van der Waals surface area contributed by atoms with Gasteiger partial charge in [-0.2, -0.15) is 0 Å². The van der Waals surface area contributed by atoms with Gasteiger partial charge in [-0.05, 0) is 65.9 Å². The van der Waals surface area contributed by atoms with E-state index in [9.17, 15) is 9.59 Å². The van der Waals surface area contributed by atoms with E-state index in [1.54, 1.807) is 7.11 Å². The third-order valence-electron chi connectivity index (χ3n) is 9.10. The summed E-state index contributed by atoms with van der Waals surface area (Å²) in [4.78, 5) is 36.6. The number of para-hydroxylation sites is 2. The maximum atomic E-state index is 14.1. The smallest absolute Gasteiger partial charge is 0.242 e. The number of nitrogens with zero attached hydrogens (tertiary/aromatic N) is 4. The number of hydrogen-bond donors (Lipinski definition) is 1. The molecule has 6 rings (SSSR count). The maximum absolute atomic E-state index is 14.1. The predicted molar refractivity (Wildman–Crippen MR) is 178 cm³/mol. The Bertz CT molecular complexity index is 1550. The number of nitrogens with one attached hydrogen (secondary N) is 1. The fourth-order valence-electron chi connectivity index (χ4n) is 6.78. The molecule has 1 atom stereocenters. The Balaban J connectivity index is 1.33. The molecule has 8 heteroatoms. The molecule has 230 valence electrons. The summed E-state index contributed by atoms with van der Waals surface area (Å²) in [5.41, 5.74) is 6.67. The summed E-state index contributed by atoms with van der Waals surface area (Å²) in [6, 6.07) is 24.2. The Morgan fingerprint density at radius 2 is 1.61 bits per heavy atom. The molecule has 8 nitrogen and oxygen atoms in total. The van der Waals surface area contributed by atoms with E-state index < -0.39 is 0 Å². The summed E-state index contributed by atoms with van der Waals surface area (Å²) in [5, 5.41) is 3.66. The molecule has 1 aliphatic carbocycles. The third-order valence-corrected chi connectivity index (χ3v) is 9.10. The Kier molecular flexibility index (Phi) is 8.01. The highest BCUT2D eigenvalue weighted by atomic mass is 16.5. The quantitative estimate of drug-likeness (QED) is 0.392. The summed E-state index contributed by atoms with van der Waals surface area (Å²) in [6.07, 6.45) is 1.25. The van der Waals surface area contributed by atoms with Gasteiger partial charge in [0.05, 0.1) is 31.1 Å². The fraction of sp³-hybridized carbons (Fsp3) is 0.389. The molecule has 0 spiro atoms. The largest absolute Gasteiger partial charge is 0.497 e. The van der Waals surface area contributed by atoms with E-state index in [0.717, 1.165) is 64.8 Å². The zero-order chi connectivity index (χ0) is 31.0. The highest BCUT2D eigenvalue weighted by Gasteiger charge is 2.42. The van der Waals surface area contributed by atoms with Gasteiger partial charge in [-0.25, -0.2) is 0 Å². The molecule has 0 radical (unpaired) electrons. The molecular weight excluding hydrogens is 550 g/mol. The number of ether oxygens (including phenoxy) is 1. The van der Waals surface area contributed by atoms with Crippen molar-refractivity contribution in [2.24, 2.45) is 5.41 Å². The van der Waals surface area contributed by atoms with Crippen LogP contribution < -0.4 is 24.8 Å². The molecule has 0 bridgehead atoms. The molecular formula is C36H43N5O3. The molecule has 0 aromatic heterocycles. The molecule has 3 aromatic carbocycles. The third kappa shape index (κ3) is 5.85. The first kappa shape index (κ1) is 29.6. The minimum absolute atomic E-state index is 0.0664. The van der Waals surface area contributed by atoms with Gasteiger partial charge in [0.2, 0.25) is 5.91 Å². The first-order valence-corrected chi connectivity index (χ1v) is 15.5. The molecule has 1 fully saturated rings. The molecule has 1 amide bonds. The highest BCUT2D eigenvalue weighted by Crippen LogP contribution is 2.48. The van der Waals surface area contributed by atoms with Gasteiger partial charge in [-0.1, -0.05) is 38.1 Å². The first-order chi connectivity index (χ1) is 21.1. The zero-order valence-electron chi connectivity index (χ0n) is 26.5. The lowest BCUT2D eigenvalue weighted by Crippen LogP contribution is -2.52. The van der Waals surface area contributed by atoms with Gasteiger partial charge in [0.25, 0.3) is 0 Å². The Morgan fingerprint density at radius 3 is 2.27 bits per heavy atom. The van der Waals surface area contributed by atoms with E-state index in [1.807, 2.05) is 43.3 Å². The van der Waals surface area contributed by atoms with Crippen LogP contribution >= 0.6 is 0 Å². The lowest BCUT2D eigenvalue weighted by atomic mass is 9.73. The van der Waals surface area contributed by atoms with Gasteiger partial charge in [0.15, 0.2) is 5.78 Å². The van der Waals surface area contributed by atoms with Gasteiger partial charge >= 0.3 is 0 Å². The number of rotatable bonds is 6. The molecule has 1 unspecified atom stereocenters. The van der Waals surface area contributed by atoms with Gasteiger partial charge in [-0.3, -0.25) is 9.59 Å². The topological polar surface area (TPSA) is 68.4 Å². The standard InChI is InChI=1S/C36H43N5O3/c1-36(2)22-30-34(32(42)23-36)35(25-10-12-26(13-11-25)38(3)4)41(31-9-7-6-8-29(31)37-30)24-33(43)40-20-18-39(19-21-40)27-14-16-28(44-5)17-15-27/h6-17,35,37H,18-24H2,1-5H3. The van der Waals surface area contributed by atoms with E-state index in [2.05, 4.69) is 82.4 Å². The molecule has 3 aromatic rings. The number of hydrogen-bond acceptors (Lipinski definition) is 7. The van der Waals surface area contributed by atoms with E-state index in [4.69, 9.17) is 4.74 Å². The Morgan fingerprint density at radius 1 is 0.932 bits per heavy atom. The molecule has 2 heterocycles. The van der Waals surface area contributed by atoms with Crippen LogP contribution in [0.2, 0.25) is 0 Å². The number of ketones is 1. The summed E-state index contributed by atoms with van der Waals surface area (Å²) in [7, 11) is 5.71. The van der Waals surface area contributed by atoms with Crippen molar-refractivity contribution in [1.82, 2.24) is 4.90 Å². The van der Waals surface area contributed by atoms with Crippen molar-refractivity contribution in [1.29, 1.82) is 0 Å². The van der Waals surface area contributed by atoms with Crippen molar-refractivity contribution >= 4 is 34.4 Å². The number of carbonyl (C=O) groups excluding carboxylic acids is 2. The number of carbonyl (C=O) groups is 2. The SMILES string of the molecule is COc1ccc(N2CCN(C(=O)CN3c4ccccc4NC4=C(C(=O)CC(C)(C)C4)C3c3ccc(N(C)C)cc3)CC2)cc1. The van der Waals surface area contributed by atoms with Crippen molar-refractivity contribution in [3.63, 3.8) is 0 Å². The van der Waals surface area contributed by atoms with Crippen molar-refractivity contribution in [3.8, 4) is 5.75 Å². The molecule has 1 saturated heterocycles. The summed E-state index contributed by atoms with van der Waals surface area (Å²) in [6.45, 7) is 7.28. The van der Waals surface area contributed by atoms with Crippen LogP contribution in [-0.4, -0.2) is 70.5 Å². The van der Waals surface area contributed by atoms with Crippen LogP contribution in [0.25, 0.3) is 0 Å². The van der Waals surface area contributed by atoms with Gasteiger partial charge < -0.3 is 29.7 Å². The summed E-state index contributed by atoms with van der Waals surface area (Å²) in [5.74, 6) is 1.04. The second-order valence-corrected chi connectivity index (χ2v) is 13.1. The van der Waals surface area contributed by atoms with Crippen LogP contribution in [0.3, 0.4) is 0 Å². The minimum atomic E-state index is -0.384. The maximum Gasteiger partial charge on any atom is 0.242 e. The van der Waals surface area contributed by atoms with Crippen molar-refractivity contribution < 1.29 is 14.3 Å². The van der Waals surface area contributed by atoms with E-state index in [1.165, 1.54) is 0 Å². The van der Waals surface area contributed by atoms with E-state index >= 15 is 0 Å². The van der Waals surface area contributed by atoms with Crippen molar-refractivity contribution in [3.05, 3.63) is 89.6 Å². The number of anilines is 4. The number of allylic oxidation sites excluding steroid dienone is 1. The van der Waals surface area contributed by atoms with Gasteiger partial charge in [0.1, 0.15) is 5.75 Å². The van der Waals surface area contributed by atoms with Crippen molar-refractivity contribution in [2.45, 2.75) is 32.7 Å². The van der Waals surface area contributed by atoms with Gasteiger partial charge in [0, 0.05) is 69.3 Å². The average molecular weight is 594 g/mol.